The summed E-state index contributed by atoms with van der Waals surface area (Å²) in [4.78, 5) is 10.6. The maximum Gasteiger partial charge on any atom is 0.303 e. The zero-order valence-corrected chi connectivity index (χ0v) is 9.54. The second kappa shape index (κ2) is 4.18. The lowest BCUT2D eigenvalue weighted by atomic mass is 10.1. The number of aryl methyl sites for hydroxylation is 2. The number of carboxylic acid groups (broad SMARTS) is 1. The van der Waals surface area contributed by atoms with Crippen molar-refractivity contribution in [3.05, 3.63) is 34.5 Å². The lowest BCUT2D eigenvalue weighted by Gasteiger charge is -1.96. The van der Waals surface area contributed by atoms with Gasteiger partial charge in [-0.3, -0.25) is 4.79 Å². The lowest BCUT2D eigenvalue weighted by molar-refractivity contribution is -0.136. The van der Waals surface area contributed by atoms with Crippen LogP contribution in [0, 0.1) is 6.92 Å². The fraction of sp³-hybridized carbons (Fsp3) is 0.250. The van der Waals surface area contributed by atoms with E-state index in [9.17, 15) is 4.79 Å². The largest absolute Gasteiger partial charge is 0.481 e. The normalized spacial score (nSPS) is 10.9. The number of aliphatic carboxylic acids is 1. The van der Waals surface area contributed by atoms with Crippen LogP contribution in [-0.2, 0) is 11.2 Å². The number of furan rings is 1. The predicted octanol–water partition coefficient (Wildman–Crippen LogP) is 3.41. The molecular weight excluding hydrogens is 228 g/mol. The third-order valence-corrected chi connectivity index (χ3v) is 2.86. The van der Waals surface area contributed by atoms with Crippen LogP contribution in [0.2, 0.25) is 5.02 Å². The van der Waals surface area contributed by atoms with Gasteiger partial charge in [-0.1, -0.05) is 23.7 Å². The molecule has 0 amide bonds. The van der Waals surface area contributed by atoms with Crippen molar-refractivity contribution in [1.29, 1.82) is 0 Å². The number of fused-ring (bicyclic) bond motifs is 1. The van der Waals surface area contributed by atoms with Gasteiger partial charge in [0, 0.05) is 17.4 Å². The van der Waals surface area contributed by atoms with Crippen molar-refractivity contribution in [2.75, 3.05) is 0 Å². The highest BCUT2D eigenvalue weighted by Gasteiger charge is 2.13. The van der Waals surface area contributed by atoms with Gasteiger partial charge in [-0.25, -0.2) is 0 Å². The first-order valence-corrected chi connectivity index (χ1v) is 5.35. The monoisotopic (exact) mass is 238 g/mol. The van der Waals surface area contributed by atoms with Gasteiger partial charge < -0.3 is 9.52 Å². The average molecular weight is 239 g/mol. The average Bonchev–Trinajstić information content (AvgIpc) is 2.53. The number of rotatable bonds is 3. The van der Waals surface area contributed by atoms with Gasteiger partial charge in [0.25, 0.3) is 0 Å². The Kier molecular flexibility index (Phi) is 2.88. The van der Waals surface area contributed by atoms with Crippen molar-refractivity contribution in [2.24, 2.45) is 0 Å². The molecule has 0 radical (unpaired) electrons. The van der Waals surface area contributed by atoms with Gasteiger partial charge in [-0.15, -0.1) is 0 Å². The predicted molar refractivity (Wildman–Crippen MR) is 61.9 cm³/mol. The highest BCUT2D eigenvalue weighted by atomic mass is 35.5. The van der Waals surface area contributed by atoms with Gasteiger partial charge in [0.15, 0.2) is 5.58 Å². The lowest BCUT2D eigenvalue weighted by Crippen LogP contribution is -1.97. The molecule has 0 atom stereocenters. The van der Waals surface area contributed by atoms with Crippen molar-refractivity contribution in [3.63, 3.8) is 0 Å². The Labute approximate surface area is 97.6 Å². The Morgan fingerprint density at radius 1 is 1.50 bits per heavy atom. The Bertz CT molecular complexity index is 542. The molecular formula is C12H11ClO3. The molecule has 84 valence electrons. The highest BCUT2D eigenvalue weighted by molar-refractivity contribution is 6.34. The molecule has 0 aliphatic carbocycles. The highest BCUT2D eigenvalue weighted by Crippen LogP contribution is 2.31. The Balaban J connectivity index is 2.48. The maximum absolute atomic E-state index is 10.6. The fourth-order valence-electron chi connectivity index (χ4n) is 1.80. The van der Waals surface area contributed by atoms with Crippen molar-refractivity contribution >= 4 is 28.5 Å². The smallest absolute Gasteiger partial charge is 0.303 e. The van der Waals surface area contributed by atoms with E-state index in [-0.39, 0.29) is 6.42 Å². The summed E-state index contributed by atoms with van der Waals surface area (Å²) in [5, 5.41) is 10.1. The first kappa shape index (κ1) is 11.0. The van der Waals surface area contributed by atoms with E-state index in [1.807, 2.05) is 19.1 Å². The summed E-state index contributed by atoms with van der Waals surface area (Å²) in [7, 11) is 0. The summed E-state index contributed by atoms with van der Waals surface area (Å²) in [6, 6.07) is 5.49. The minimum absolute atomic E-state index is 0.0992. The van der Waals surface area contributed by atoms with Gasteiger partial charge in [0.05, 0.1) is 5.02 Å². The molecule has 16 heavy (non-hydrogen) atoms. The van der Waals surface area contributed by atoms with E-state index < -0.39 is 5.97 Å². The third-order valence-electron chi connectivity index (χ3n) is 2.56. The minimum atomic E-state index is -0.809. The molecule has 3 nitrogen and oxygen atoms in total. The van der Waals surface area contributed by atoms with Crippen LogP contribution in [0.3, 0.4) is 0 Å². The van der Waals surface area contributed by atoms with Crippen LogP contribution in [0.5, 0.6) is 0 Å². The number of hydrogen-bond acceptors (Lipinski definition) is 2. The topological polar surface area (TPSA) is 50.4 Å². The van der Waals surface area contributed by atoms with Crippen LogP contribution in [-0.4, -0.2) is 11.1 Å². The molecule has 0 bridgehead atoms. The number of para-hydroxylation sites is 1. The zero-order valence-electron chi connectivity index (χ0n) is 8.79. The van der Waals surface area contributed by atoms with E-state index in [2.05, 4.69) is 0 Å². The van der Waals surface area contributed by atoms with Crippen molar-refractivity contribution in [2.45, 2.75) is 19.8 Å². The summed E-state index contributed by atoms with van der Waals surface area (Å²) in [5.74, 6) is -0.0693. The Morgan fingerprint density at radius 3 is 2.94 bits per heavy atom. The van der Waals surface area contributed by atoms with Gasteiger partial charge >= 0.3 is 5.97 Å². The molecule has 1 heterocycles. The van der Waals surface area contributed by atoms with Crippen LogP contribution in [0.1, 0.15) is 17.7 Å². The second-order valence-corrected chi connectivity index (χ2v) is 4.05. The molecule has 0 saturated carbocycles. The molecule has 2 aromatic rings. The Morgan fingerprint density at radius 2 is 2.25 bits per heavy atom. The van der Waals surface area contributed by atoms with Gasteiger partial charge in [0.2, 0.25) is 0 Å². The van der Waals surface area contributed by atoms with Crippen molar-refractivity contribution < 1.29 is 14.3 Å². The van der Waals surface area contributed by atoms with Crippen molar-refractivity contribution in [1.82, 2.24) is 0 Å². The SMILES string of the molecule is Cc1oc2c(Cl)cccc2c1CCC(=O)O. The summed E-state index contributed by atoms with van der Waals surface area (Å²) >= 11 is 5.99. The molecule has 0 aliphatic rings. The number of benzene rings is 1. The molecule has 0 saturated heterocycles. The van der Waals surface area contributed by atoms with Gasteiger partial charge in [-0.2, -0.15) is 0 Å². The van der Waals surface area contributed by atoms with Crippen LogP contribution in [0.4, 0.5) is 0 Å². The van der Waals surface area contributed by atoms with Gasteiger partial charge in [0.1, 0.15) is 5.76 Å². The molecule has 2 rings (SSSR count). The van der Waals surface area contributed by atoms with E-state index >= 15 is 0 Å². The van der Waals surface area contributed by atoms with E-state index in [0.29, 0.717) is 17.0 Å². The quantitative estimate of drug-likeness (QED) is 0.892. The van der Waals surface area contributed by atoms with Crippen LogP contribution >= 0.6 is 11.6 Å². The fourth-order valence-corrected chi connectivity index (χ4v) is 2.01. The molecule has 1 aromatic heterocycles. The maximum atomic E-state index is 10.6. The van der Waals surface area contributed by atoms with E-state index in [1.165, 1.54) is 0 Å². The number of carboxylic acids is 1. The number of hydrogen-bond donors (Lipinski definition) is 1. The van der Waals surface area contributed by atoms with E-state index in [0.717, 1.165) is 16.7 Å². The molecule has 0 unspecified atom stereocenters. The first-order valence-electron chi connectivity index (χ1n) is 4.98. The molecule has 1 aromatic carbocycles. The Hall–Kier alpha value is -1.48. The zero-order chi connectivity index (χ0) is 11.7. The summed E-state index contributed by atoms with van der Waals surface area (Å²) < 4.78 is 5.54. The van der Waals surface area contributed by atoms with E-state index in [4.69, 9.17) is 21.1 Å². The van der Waals surface area contributed by atoms with Crippen LogP contribution in [0.25, 0.3) is 11.0 Å². The second-order valence-electron chi connectivity index (χ2n) is 3.65. The van der Waals surface area contributed by atoms with Gasteiger partial charge in [-0.05, 0) is 19.4 Å². The molecule has 0 aliphatic heterocycles. The van der Waals surface area contributed by atoms with Crippen molar-refractivity contribution in [3.8, 4) is 0 Å². The summed E-state index contributed by atoms with van der Waals surface area (Å²) in [6.45, 7) is 1.83. The molecule has 4 heteroatoms. The number of halogens is 1. The number of carbonyl (C=O) groups is 1. The molecule has 0 spiro atoms. The van der Waals surface area contributed by atoms with Crippen LogP contribution < -0.4 is 0 Å². The first-order chi connectivity index (χ1) is 7.59. The molecule has 0 fully saturated rings. The summed E-state index contributed by atoms with van der Waals surface area (Å²) in [5.41, 5.74) is 1.57. The minimum Gasteiger partial charge on any atom is -0.481 e. The third kappa shape index (κ3) is 1.91. The standard InChI is InChI=1S/C12H11ClO3/c1-7-8(5-6-11(14)15)9-3-2-4-10(13)12(9)16-7/h2-4H,5-6H2,1H3,(H,14,15). The summed E-state index contributed by atoms with van der Waals surface area (Å²) in [6.07, 6.45) is 0.566. The molecule has 1 N–H and O–H groups in total. The van der Waals surface area contributed by atoms with E-state index in [1.54, 1.807) is 6.07 Å². The van der Waals surface area contributed by atoms with Crippen LogP contribution in [0.15, 0.2) is 22.6 Å².